The largest absolute Gasteiger partial charge is 0.453 e. The van der Waals surface area contributed by atoms with Crippen LogP contribution in [0.25, 0.3) is 0 Å². The number of carbonyl (C=O) groups is 2. The summed E-state index contributed by atoms with van der Waals surface area (Å²) in [6.07, 6.45) is 0.523. The summed E-state index contributed by atoms with van der Waals surface area (Å²) in [6.45, 7) is 3.50. The molecule has 1 N–H and O–H groups in total. The van der Waals surface area contributed by atoms with Crippen molar-refractivity contribution in [3.63, 3.8) is 0 Å². The van der Waals surface area contributed by atoms with Crippen LogP contribution in [0, 0.1) is 0 Å². The Balaban J connectivity index is 3.89. The molecule has 0 bridgehead atoms. The summed E-state index contributed by atoms with van der Waals surface area (Å²) in [4.78, 5) is 20.8. The minimum Gasteiger partial charge on any atom is -0.453 e. The highest BCUT2D eigenvalue weighted by molar-refractivity contribution is 5.68. The molecular formula is C7H13NO3. The molecule has 0 saturated carbocycles. The van der Waals surface area contributed by atoms with Gasteiger partial charge in [0, 0.05) is 12.0 Å². The quantitative estimate of drug-likeness (QED) is 0.617. The minimum absolute atomic E-state index is 0.280. The first-order valence-corrected chi connectivity index (χ1v) is 3.31. The Labute approximate surface area is 65.9 Å². The van der Waals surface area contributed by atoms with E-state index in [-0.39, 0.29) is 6.42 Å². The predicted molar refractivity (Wildman–Crippen MR) is 40.3 cm³/mol. The molecule has 4 heteroatoms. The topological polar surface area (TPSA) is 55.4 Å². The first-order valence-electron chi connectivity index (χ1n) is 3.31. The van der Waals surface area contributed by atoms with Crippen LogP contribution in [-0.2, 0) is 9.53 Å². The number of amides is 1. The van der Waals surface area contributed by atoms with Crippen LogP contribution in [0.15, 0.2) is 0 Å². The average molecular weight is 159 g/mol. The summed E-state index contributed by atoms with van der Waals surface area (Å²) >= 11 is 0. The van der Waals surface area contributed by atoms with Crippen molar-refractivity contribution in [2.75, 3.05) is 7.11 Å². The molecule has 0 aliphatic heterocycles. The predicted octanol–water partition coefficient (Wildman–Crippen LogP) is 0.710. The third-order valence-corrected chi connectivity index (χ3v) is 1.22. The fourth-order valence-electron chi connectivity index (χ4n) is 0.587. The van der Waals surface area contributed by atoms with Crippen LogP contribution in [0.3, 0.4) is 0 Å². The molecule has 0 aromatic rings. The maximum atomic E-state index is 10.7. The maximum absolute atomic E-state index is 10.7. The van der Waals surface area contributed by atoms with Gasteiger partial charge in [-0.1, -0.05) is 0 Å². The van der Waals surface area contributed by atoms with Crippen molar-refractivity contribution in [2.45, 2.75) is 25.8 Å². The Hall–Kier alpha value is -1.06. The van der Waals surface area contributed by atoms with Crippen molar-refractivity contribution < 1.29 is 14.3 Å². The molecule has 0 saturated heterocycles. The molecule has 0 aliphatic carbocycles. The molecule has 0 unspecified atom stereocenters. The molecule has 0 fully saturated rings. The highest BCUT2D eigenvalue weighted by atomic mass is 16.5. The zero-order valence-electron chi connectivity index (χ0n) is 7.01. The molecule has 0 aromatic heterocycles. The summed E-state index contributed by atoms with van der Waals surface area (Å²) in [5.41, 5.74) is -0.519. The molecule has 11 heavy (non-hydrogen) atoms. The Morgan fingerprint density at radius 1 is 1.64 bits per heavy atom. The van der Waals surface area contributed by atoms with Crippen molar-refractivity contribution >= 4 is 12.4 Å². The molecule has 0 spiro atoms. The van der Waals surface area contributed by atoms with E-state index < -0.39 is 11.6 Å². The van der Waals surface area contributed by atoms with E-state index in [0.717, 1.165) is 6.29 Å². The Kier molecular flexibility index (Phi) is 3.57. The van der Waals surface area contributed by atoms with Gasteiger partial charge in [0.25, 0.3) is 0 Å². The zero-order chi connectivity index (χ0) is 8.91. The van der Waals surface area contributed by atoms with Crippen LogP contribution in [0.1, 0.15) is 20.3 Å². The zero-order valence-corrected chi connectivity index (χ0v) is 7.01. The van der Waals surface area contributed by atoms with Crippen molar-refractivity contribution in [1.82, 2.24) is 5.32 Å². The molecule has 0 atom stereocenters. The number of aldehydes is 1. The van der Waals surface area contributed by atoms with Crippen LogP contribution in [-0.4, -0.2) is 25.0 Å². The molecule has 1 amide bonds. The summed E-state index contributed by atoms with van der Waals surface area (Å²) < 4.78 is 4.37. The SMILES string of the molecule is COC(=O)NC(C)(C)CC=O. The summed E-state index contributed by atoms with van der Waals surface area (Å²) in [6, 6.07) is 0. The van der Waals surface area contributed by atoms with E-state index in [1.807, 2.05) is 0 Å². The standard InChI is InChI=1S/C7H13NO3/c1-7(2,4-5-9)8-6(10)11-3/h5H,4H2,1-3H3,(H,8,10). The van der Waals surface area contributed by atoms with Crippen LogP contribution in [0.5, 0.6) is 0 Å². The molecule has 0 heterocycles. The first-order chi connectivity index (χ1) is 5.02. The molecule has 0 aliphatic rings. The van der Waals surface area contributed by atoms with E-state index in [4.69, 9.17) is 0 Å². The number of hydrogen-bond acceptors (Lipinski definition) is 3. The number of rotatable bonds is 3. The number of methoxy groups -OCH3 is 1. The van der Waals surface area contributed by atoms with E-state index >= 15 is 0 Å². The molecular weight excluding hydrogens is 146 g/mol. The van der Waals surface area contributed by atoms with E-state index in [1.54, 1.807) is 13.8 Å². The number of ether oxygens (including phenoxy) is 1. The smallest absolute Gasteiger partial charge is 0.407 e. The van der Waals surface area contributed by atoms with Gasteiger partial charge in [0.05, 0.1) is 7.11 Å². The molecule has 4 nitrogen and oxygen atoms in total. The summed E-state index contributed by atoms with van der Waals surface area (Å²) in [7, 11) is 1.28. The maximum Gasteiger partial charge on any atom is 0.407 e. The summed E-state index contributed by atoms with van der Waals surface area (Å²) in [5, 5.41) is 2.51. The number of carbonyl (C=O) groups excluding carboxylic acids is 2. The molecule has 0 rings (SSSR count). The van der Waals surface area contributed by atoms with Gasteiger partial charge in [0.2, 0.25) is 0 Å². The van der Waals surface area contributed by atoms with Crippen LogP contribution in [0.2, 0.25) is 0 Å². The third-order valence-electron chi connectivity index (χ3n) is 1.22. The third kappa shape index (κ3) is 4.36. The molecule has 0 aromatic carbocycles. The Morgan fingerprint density at radius 2 is 2.18 bits per heavy atom. The van der Waals surface area contributed by atoms with Gasteiger partial charge in [-0.2, -0.15) is 0 Å². The van der Waals surface area contributed by atoms with E-state index in [0.29, 0.717) is 0 Å². The minimum atomic E-state index is -0.519. The molecule has 0 radical (unpaired) electrons. The van der Waals surface area contributed by atoms with Crippen molar-refractivity contribution in [3.05, 3.63) is 0 Å². The molecule has 64 valence electrons. The second kappa shape index (κ2) is 3.95. The van der Waals surface area contributed by atoms with E-state index in [9.17, 15) is 9.59 Å². The number of nitrogens with one attached hydrogen (secondary N) is 1. The lowest BCUT2D eigenvalue weighted by atomic mass is 10.0. The van der Waals surface area contributed by atoms with Crippen LogP contribution < -0.4 is 5.32 Å². The monoisotopic (exact) mass is 159 g/mol. The van der Waals surface area contributed by atoms with E-state index in [1.165, 1.54) is 7.11 Å². The Morgan fingerprint density at radius 3 is 2.55 bits per heavy atom. The second-order valence-corrected chi connectivity index (χ2v) is 2.87. The van der Waals surface area contributed by atoms with Gasteiger partial charge in [0.15, 0.2) is 0 Å². The van der Waals surface area contributed by atoms with Crippen LogP contribution in [0.4, 0.5) is 4.79 Å². The lowest BCUT2D eigenvalue weighted by Gasteiger charge is -2.22. The van der Waals surface area contributed by atoms with E-state index in [2.05, 4.69) is 10.1 Å². The second-order valence-electron chi connectivity index (χ2n) is 2.87. The van der Waals surface area contributed by atoms with Gasteiger partial charge in [-0.25, -0.2) is 4.79 Å². The van der Waals surface area contributed by atoms with Crippen molar-refractivity contribution in [2.24, 2.45) is 0 Å². The van der Waals surface area contributed by atoms with Crippen molar-refractivity contribution in [3.8, 4) is 0 Å². The number of alkyl carbamates (subject to hydrolysis) is 1. The van der Waals surface area contributed by atoms with Gasteiger partial charge in [0.1, 0.15) is 6.29 Å². The lowest BCUT2D eigenvalue weighted by molar-refractivity contribution is -0.108. The summed E-state index contributed by atoms with van der Waals surface area (Å²) in [5.74, 6) is 0. The Bertz CT molecular complexity index is 154. The van der Waals surface area contributed by atoms with Gasteiger partial charge in [-0.05, 0) is 13.8 Å². The average Bonchev–Trinajstić information content (AvgIpc) is 1.86. The highest BCUT2D eigenvalue weighted by Gasteiger charge is 2.19. The normalized spacial score (nSPS) is 10.5. The van der Waals surface area contributed by atoms with Crippen LogP contribution >= 0.6 is 0 Å². The number of hydrogen-bond donors (Lipinski definition) is 1. The first kappa shape index (κ1) is 9.94. The lowest BCUT2D eigenvalue weighted by Crippen LogP contribution is -2.43. The fourth-order valence-corrected chi connectivity index (χ4v) is 0.587. The van der Waals surface area contributed by atoms with Gasteiger partial charge < -0.3 is 14.8 Å². The highest BCUT2D eigenvalue weighted by Crippen LogP contribution is 2.05. The van der Waals surface area contributed by atoms with Gasteiger partial charge in [-0.15, -0.1) is 0 Å². The van der Waals surface area contributed by atoms with Gasteiger partial charge >= 0.3 is 6.09 Å². The van der Waals surface area contributed by atoms with Gasteiger partial charge in [-0.3, -0.25) is 0 Å². The van der Waals surface area contributed by atoms with Crippen molar-refractivity contribution in [1.29, 1.82) is 0 Å². The fraction of sp³-hybridized carbons (Fsp3) is 0.714.